The number of unbranched alkanes of at least 4 members (excludes halogenated alkanes) is 1. The molecule has 1 aromatic rings. The first kappa shape index (κ1) is 14.7. The minimum Gasteiger partial charge on any atom is -0.454 e. The van der Waals surface area contributed by atoms with Crippen molar-refractivity contribution in [1.29, 1.82) is 0 Å². The first-order chi connectivity index (χ1) is 9.72. The molecule has 0 bridgehead atoms. The van der Waals surface area contributed by atoms with Crippen molar-refractivity contribution in [3.05, 3.63) is 23.8 Å². The number of nitrogens with two attached hydrogens (primary N) is 1. The third-order valence-corrected chi connectivity index (χ3v) is 3.36. The van der Waals surface area contributed by atoms with Crippen LogP contribution in [0.25, 0.3) is 0 Å². The lowest BCUT2D eigenvalue weighted by Crippen LogP contribution is -2.40. The van der Waals surface area contributed by atoms with E-state index in [1.807, 2.05) is 18.2 Å². The summed E-state index contributed by atoms with van der Waals surface area (Å²) in [4.78, 5) is 12.0. The van der Waals surface area contributed by atoms with Gasteiger partial charge in [-0.05, 0) is 24.1 Å². The maximum absolute atomic E-state index is 12.0. The number of hydrogen-bond donors (Lipinski definition) is 2. The Morgan fingerprint density at radius 2 is 2.20 bits per heavy atom. The molecule has 2 rings (SSSR count). The molecular formula is C15H22N2O3. The number of carbonyl (C=O) groups excluding carboxylic acids is 1. The van der Waals surface area contributed by atoms with Gasteiger partial charge in [0.05, 0.1) is 6.42 Å². The Bertz CT molecular complexity index is 462. The smallest absolute Gasteiger partial charge is 0.231 e. The summed E-state index contributed by atoms with van der Waals surface area (Å²) in [5.74, 6) is 1.43. The number of hydrogen-bond acceptors (Lipinski definition) is 4. The Balaban J connectivity index is 1.87. The zero-order valence-electron chi connectivity index (χ0n) is 11.9. The van der Waals surface area contributed by atoms with Crippen molar-refractivity contribution in [3.63, 3.8) is 0 Å². The standard InChI is InChI=1S/C15H22N2O3/c1-2-3-4-12(9-16)17-15(18)8-11-5-6-13-14(7-11)20-10-19-13/h5-7,12H,2-4,8-10,16H2,1H3,(H,17,18). The Morgan fingerprint density at radius 1 is 1.40 bits per heavy atom. The van der Waals surface area contributed by atoms with Gasteiger partial charge in [-0.1, -0.05) is 25.8 Å². The van der Waals surface area contributed by atoms with Crippen molar-refractivity contribution in [3.8, 4) is 11.5 Å². The molecule has 0 radical (unpaired) electrons. The predicted molar refractivity (Wildman–Crippen MR) is 76.8 cm³/mol. The van der Waals surface area contributed by atoms with Gasteiger partial charge in [-0.25, -0.2) is 0 Å². The van der Waals surface area contributed by atoms with Gasteiger partial charge in [-0.3, -0.25) is 4.79 Å². The number of amides is 1. The second kappa shape index (κ2) is 7.14. The summed E-state index contributed by atoms with van der Waals surface area (Å²) in [6, 6.07) is 5.64. The highest BCUT2D eigenvalue weighted by Gasteiger charge is 2.15. The number of benzene rings is 1. The van der Waals surface area contributed by atoms with Crippen LogP contribution in [0, 0.1) is 0 Å². The fraction of sp³-hybridized carbons (Fsp3) is 0.533. The summed E-state index contributed by atoms with van der Waals surface area (Å²) in [5, 5.41) is 2.98. The summed E-state index contributed by atoms with van der Waals surface area (Å²) in [6.45, 7) is 2.85. The topological polar surface area (TPSA) is 73.6 Å². The summed E-state index contributed by atoms with van der Waals surface area (Å²) in [7, 11) is 0. The third kappa shape index (κ3) is 3.87. The Hall–Kier alpha value is -1.75. The number of carbonyl (C=O) groups is 1. The molecule has 0 saturated heterocycles. The summed E-state index contributed by atoms with van der Waals surface area (Å²) < 4.78 is 10.5. The highest BCUT2D eigenvalue weighted by molar-refractivity contribution is 5.79. The first-order valence-corrected chi connectivity index (χ1v) is 7.11. The van der Waals surface area contributed by atoms with Crippen LogP contribution in [-0.2, 0) is 11.2 Å². The molecule has 1 aliphatic heterocycles. The van der Waals surface area contributed by atoms with Crippen LogP contribution in [-0.4, -0.2) is 25.3 Å². The lowest BCUT2D eigenvalue weighted by Gasteiger charge is -2.16. The minimum atomic E-state index is -0.00424. The fourth-order valence-corrected chi connectivity index (χ4v) is 2.21. The fourth-order valence-electron chi connectivity index (χ4n) is 2.21. The molecule has 5 nitrogen and oxygen atoms in total. The third-order valence-electron chi connectivity index (χ3n) is 3.36. The molecule has 0 saturated carbocycles. The van der Waals surface area contributed by atoms with Crippen LogP contribution in [0.1, 0.15) is 31.7 Å². The van der Waals surface area contributed by atoms with Gasteiger partial charge in [0.1, 0.15) is 0 Å². The molecule has 1 aromatic carbocycles. The minimum absolute atomic E-state index is 0.00424. The number of nitrogens with one attached hydrogen (secondary N) is 1. The zero-order chi connectivity index (χ0) is 14.4. The van der Waals surface area contributed by atoms with Crippen LogP contribution < -0.4 is 20.5 Å². The second-order valence-electron chi connectivity index (χ2n) is 5.01. The van der Waals surface area contributed by atoms with E-state index in [-0.39, 0.29) is 18.7 Å². The molecule has 3 N–H and O–H groups in total. The molecule has 20 heavy (non-hydrogen) atoms. The van der Waals surface area contributed by atoms with Gasteiger partial charge in [0.15, 0.2) is 11.5 Å². The van der Waals surface area contributed by atoms with Crippen molar-refractivity contribution in [1.82, 2.24) is 5.32 Å². The van der Waals surface area contributed by atoms with Crippen LogP contribution in [0.3, 0.4) is 0 Å². The molecule has 1 atom stereocenters. The van der Waals surface area contributed by atoms with E-state index in [0.29, 0.717) is 18.7 Å². The molecule has 0 fully saturated rings. The molecule has 5 heteroatoms. The van der Waals surface area contributed by atoms with E-state index in [9.17, 15) is 4.79 Å². The molecular weight excluding hydrogens is 256 g/mol. The first-order valence-electron chi connectivity index (χ1n) is 7.11. The van der Waals surface area contributed by atoms with E-state index >= 15 is 0 Å². The lowest BCUT2D eigenvalue weighted by molar-refractivity contribution is -0.121. The number of fused-ring (bicyclic) bond motifs is 1. The van der Waals surface area contributed by atoms with E-state index < -0.39 is 0 Å². The van der Waals surface area contributed by atoms with Crippen LogP contribution in [0.4, 0.5) is 0 Å². The average molecular weight is 278 g/mol. The van der Waals surface area contributed by atoms with Crippen LogP contribution in [0.2, 0.25) is 0 Å². The molecule has 110 valence electrons. The molecule has 1 aliphatic rings. The van der Waals surface area contributed by atoms with Gasteiger partial charge in [-0.2, -0.15) is 0 Å². The maximum atomic E-state index is 12.0. The Morgan fingerprint density at radius 3 is 2.95 bits per heavy atom. The van der Waals surface area contributed by atoms with E-state index in [2.05, 4.69) is 12.2 Å². The van der Waals surface area contributed by atoms with E-state index in [0.717, 1.165) is 30.6 Å². The van der Waals surface area contributed by atoms with Gasteiger partial charge >= 0.3 is 0 Å². The quantitative estimate of drug-likeness (QED) is 0.794. The monoisotopic (exact) mass is 278 g/mol. The summed E-state index contributed by atoms with van der Waals surface area (Å²) >= 11 is 0. The molecule has 0 aromatic heterocycles. The van der Waals surface area contributed by atoms with Gasteiger partial charge in [-0.15, -0.1) is 0 Å². The van der Waals surface area contributed by atoms with E-state index in [1.165, 1.54) is 0 Å². The second-order valence-corrected chi connectivity index (χ2v) is 5.01. The van der Waals surface area contributed by atoms with E-state index in [1.54, 1.807) is 0 Å². The van der Waals surface area contributed by atoms with Crippen LogP contribution in [0.15, 0.2) is 18.2 Å². The highest BCUT2D eigenvalue weighted by Crippen LogP contribution is 2.32. The molecule has 0 spiro atoms. The predicted octanol–water partition coefficient (Wildman–Crippen LogP) is 1.59. The van der Waals surface area contributed by atoms with E-state index in [4.69, 9.17) is 15.2 Å². The average Bonchev–Trinajstić information content (AvgIpc) is 2.90. The Kier molecular flexibility index (Phi) is 5.24. The number of ether oxygens (including phenoxy) is 2. The number of rotatable bonds is 7. The lowest BCUT2D eigenvalue weighted by atomic mass is 10.1. The molecule has 0 aliphatic carbocycles. The van der Waals surface area contributed by atoms with Gasteiger partial charge in [0.2, 0.25) is 12.7 Å². The summed E-state index contributed by atoms with van der Waals surface area (Å²) in [5.41, 5.74) is 6.59. The van der Waals surface area contributed by atoms with Gasteiger partial charge in [0.25, 0.3) is 0 Å². The Labute approximate surface area is 119 Å². The van der Waals surface area contributed by atoms with Crippen molar-refractivity contribution < 1.29 is 14.3 Å². The SMILES string of the molecule is CCCCC(CN)NC(=O)Cc1ccc2c(c1)OCO2. The largest absolute Gasteiger partial charge is 0.454 e. The van der Waals surface area contributed by atoms with Crippen LogP contribution in [0.5, 0.6) is 11.5 Å². The van der Waals surface area contributed by atoms with Crippen LogP contribution >= 0.6 is 0 Å². The molecule has 1 amide bonds. The van der Waals surface area contributed by atoms with Crippen molar-refractivity contribution in [2.45, 2.75) is 38.6 Å². The van der Waals surface area contributed by atoms with Crippen molar-refractivity contribution in [2.75, 3.05) is 13.3 Å². The normalized spacial score (nSPS) is 14.1. The zero-order valence-corrected chi connectivity index (χ0v) is 11.9. The molecule has 1 heterocycles. The van der Waals surface area contributed by atoms with Crippen molar-refractivity contribution in [2.24, 2.45) is 5.73 Å². The van der Waals surface area contributed by atoms with Gasteiger partial charge in [0, 0.05) is 12.6 Å². The summed E-state index contributed by atoms with van der Waals surface area (Å²) in [6.07, 6.45) is 3.44. The van der Waals surface area contributed by atoms with Gasteiger partial charge < -0.3 is 20.5 Å². The van der Waals surface area contributed by atoms with Crippen molar-refractivity contribution >= 4 is 5.91 Å². The maximum Gasteiger partial charge on any atom is 0.231 e. The molecule has 1 unspecified atom stereocenters. The highest BCUT2D eigenvalue weighted by atomic mass is 16.7.